The van der Waals surface area contributed by atoms with Gasteiger partial charge in [-0.05, 0) is 20.3 Å². The van der Waals surface area contributed by atoms with Crippen LogP contribution < -0.4 is 10.6 Å². The van der Waals surface area contributed by atoms with Crippen LogP contribution in [0.5, 0.6) is 0 Å². The van der Waals surface area contributed by atoms with Crippen molar-refractivity contribution in [3.63, 3.8) is 0 Å². The molecule has 1 fully saturated rings. The van der Waals surface area contributed by atoms with Gasteiger partial charge in [-0.25, -0.2) is 0 Å². The van der Waals surface area contributed by atoms with Gasteiger partial charge in [0, 0.05) is 12.6 Å². The van der Waals surface area contributed by atoms with E-state index in [1.54, 1.807) is 0 Å². The molecule has 0 aromatic heterocycles. The molecule has 2 amide bonds. The molecule has 2 N–H and O–H groups in total. The molecule has 0 unspecified atom stereocenters. The molecule has 0 aliphatic carbocycles. The van der Waals surface area contributed by atoms with E-state index in [-0.39, 0.29) is 31.7 Å². The molecule has 1 saturated heterocycles. The Balaban J connectivity index is 2.61. The minimum absolute atomic E-state index is 0.0189. The van der Waals surface area contributed by atoms with Gasteiger partial charge in [0.2, 0.25) is 11.8 Å². The van der Waals surface area contributed by atoms with E-state index in [0.29, 0.717) is 0 Å². The molecule has 0 aromatic carbocycles. The number of nitrogens with zero attached hydrogens (tertiary/aromatic N) is 1. The van der Waals surface area contributed by atoms with E-state index in [2.05, 4.69) is 10.6 Å². The van der Waals surface area contributed by atoms with Gasteiger partial charge in [-0.2, -0.15) is 13.2 Å². The van der Waals surface area contributed by atoms with Crippen LogP contribution in [0, 0.1) is 0 Å². The molecule has 1 heterocycles. The van der Waals surface area contributed by atoms with Crippen LogP contribution >= 0.6 is 0 Å². The third-order valence-corrected chi connectivity index (χ3v) is 3.68. The predicted molar refractivity (Wildman–Crippen MR) is 77.7 cm³/mol. The lowest BCUT2D eigenvalue weighted by molar-refractivity contribution is -0.167. The fourth-order valence-corrected chi connectivity index (χ4v) is 2.14. The maximum Gasteiger partial charge on any atom is 0.401 e. The summed E-state index contributed by atoms with van der Waals surface area (Å²) in [4.78, 5) is 25.1. The second-order valence-corrected chi connectivity index (χ2v) is 5.72. The van der Waals surface area contributed by atoms with Crippen molar-refractivity contribution in [1.29, 1.82) is 0 Å². The van der Waals surface area contributed by atoms with Gasteiger partial charge in [0.1, 0.15) is 12.1 Å². The van der Waals surface area contributed by atoms with Crippen molar-refractivity contribution >= 4 is 11.8 Å². The Hall–Kier alpha value is -1.35. The van der Waals surface area contributed by atoms with Crippen LogP contribution in [0.15, 0.2) is 0 Å². The summed E-state index contributed by atoms with van der Waals surface area (Å²) in [5.74, 6) is -1.01. The van der Waals surface area contributed by atoms with Gasteiger partial charge >= 0.3 is 6.18 Å². The van der Waals surface area contributed by atoms with E-state index >= 15 is 0 Å². The summed E-state index contributed by atoms with van der Waals surface area (Å²) in [5.41, 5.74) is 0. The van der Waals surface area contributed by atoms with Crippen molar-refractivity contribution in [2.45, 2.75) is 51.5 Å². The molecule has 3 atom stereocenters. The largest absolute Gasteiger partial charge is 0.401 e. The first-order valence-corrected chi connectivity index (χ1v) is 7.63. The van der Waals surface area contributed by atoms with Crippen LogP contribution in [-0.2, 0) is 14.3 Å². The van der Waals surface area contributed by atoms with Gasteiger partial charge < -0.3 is 15.4 Å². The summed E-state index contributed by atoms with van der Waals surface area (Å²) in [6.07, 6.45) is -3.66. The van der Waals surface area contributed by atoms with E-state index < -0.39 is 30.7 Å². The van der Waals surface area contributed by atoms with E-state index in [1.807, 2.05) is 13.8 Å². The Morgan fingerprint density at radius 3 is 2.52 bits per heavy atom. The first-order valence-electron chi connectivity index (χ1n) is 7.63. The lowest BCUT2D eigenvalue weighted by Gasteiger charge is -2.35. The van der Waals surface area contributed by atoms with Crippen LogP contribution in [0.2, 0.25) is 0 Å². The zero-order valence-electron chi connectivity index (χ0n) is 13.6. The smallest absolute Gasteiger partial charge is 0.378 e. The molecular formula is C14H24F3N3O3. The predicted octanol–water partition coefficient (Wildman–Crippen LogP) is 0.669. The summed E-state index contributed by atoms with van der Waals surface area (Å²) >= 11 is 0. The number of alkyl halides is 3. The third kappa shape index (κ3) is 6.74. The normalized spacial score (nSPS) is 22.3. The van der Waals surface area contributed by atoms with Crippen LogP contribution in [0.3, 0.4) is 0 Å². The molecule has 23 heavy (non-hydrogen) atoms. The highest BCUT2D eigenvalue weighted by Crippen LogP contribution is 2.19. The molecule has 0 radical (unpaired) electrons. The molecule has 134 valence electrons. The minimum Gasteiger partial charge on any atom is -0.378 e. The van der Waals surface area contributed by atoms with Crippen LogP contribution in [0.4, 0.5) is 13.2 Å². The van der Waals surface area contributed by atoms with Gasteiger partial charge in [0.05, 0.1) is 19.8 Å². The molecule has 0 spiro atoms. The summed E-state index contributed by atoms with van der Waals surface area (Å²) < 4.78 is 42.8. The first kappa shape index (κ1) is 19.7. The van der Waals surface area contributed by atoms with Crippen molar-refractivity contribution in [1.82, 2.24) is 15.5 Å². The number of halogens is 3. The summed E-state index contributed by atoms with van der Waals surface area (Å²) in [7, 11) is 0. The van der Waals surface area contributed by atoms with Gasteiger partial charge in [-0.15, -0.1) is 0 Å². The quantitative estimate of drug-likeness (QED) is 0.746. The van der Waals surface area contributed by atoms with Crippen molar-refractivity contribution in [3.8, 4) is 0 Å². The van der Waals surface area contributed by atoms with Crippen LogP contribution in [0.1, 0.15) is 27.2 Å². The highest BCUT2D eigenvalue weighted by Gasteiger charge is 2.38. The molecule has 0 saturated carbocycles. The number of amides is 2. The zero-order valence-corrected chi connectivity index (χ0v) is 13.6. The molecule has 0 aromatic rings. The SMILES string of the molecule is CC[C@H](C)NC(=O)[C@H](C)NC(=O)[C@@H]1COCCN1CC(F)(F)F. The van der Waals surface area contributed by atoms with Gasteiger partial charge in [0.15, 0.2) is 0 Å². The Kier molecular flexibility index (Phi) is 7.27. The number of nitrogens with one attached hydrogen (secondary N) is 2. The number of hydrogen-bond acceptors (Lipinski definition) is 4. The van der Waals surface area contributed by atoms with Gasteiger partial charge in [0.25, 0.3) is 0 Å². The number of carbonyl (C=O) groups excluding carboxylic acids is 2. The topological polar surface area (TPSA) is 70.7 Å². The Labute approximate surface area is 133 Å². The van der Waals surface area contributed by atoms with E-state index in [9.17, 15) is 22.8 Å². The number of carbonyl (C=O) groups is 2. The zero-order chi connectivity index (χ0) is 17.6. The minimum atomic E-state index is -4.39. The molecule has 1 aliphatic heterocycles. The second kappa shape index (κ2) is 8.49. The van der Waals surface area contributed by atoms with Crippen LogP contribution in [-0.4, -0.2) is 67.3 Å². The van der Waals surface area contributed by atoms with Crippen LogP contribution in [0.25, 0.3) is 0 Å². The van der Waals surface area contributed by atoms with Crippen molar-refractivity contribution < 1.29 is 27.5 Å². The van der Waals surface area contributed by atoms with Crippen molar-refractivity contribution in [3.05, 3.63) is 0 Å². The molecular weight excluding hydrogens is 315 g/mol. The molecule has 9 heteroatoms. The average molecular weight is 339 g/mol. The molecule has 1 aliphatic rings. The third-order valence-electron chi connectivity index (χ3n) is 3.68. The van der Waals surface area contributed by atoms with E-state index in [4.69, 9.17) is 4.74 Å². The van der Waals surface area contributed by atoms with Gasteiger partial charge in [-0.1, -0.05) is 6.92 Å². The Morgan fingerprint density at radius 1 is 1.30 bits per heavy atom. The Morgan fingerprint density at radius 2 is 1.96 bits per heavy atom. The number of rotatable bonds is 6. The lowest BCUT2D eigenvalue weighted by atomic mass is 10.1. The maximum atomic E-state index is 12.6. The lowest BCUT2D eigenvalue weighted by Crippen LogP contribution is -2.58. The van der Waals surface area contributed by atoms with Crippen molar-refractivity contribution in [2.24, 2.45) is 0 Å². The number of hydrogen-bond donors (Lipinski definition) is 2. The fraction of sp³-hybridized carbons (Fsp3) is 0.857. The number of morpholine rings is 1. The summed E-state index contributed by atoms with van der Waals surface area (Å²) in [6.45, 7) is 4.08. The molecule has 1 rings (SSSR count). The van der Waals surface area contributed by atoms with E-state index in [1.165, 1.54) is 6.92 Å². The monoisotopic (exact) mass is 339 g/mol. The second-order valence-electron chi connectivity index (χ2n) is 5.72. The first-order chi connectivity index (χ1) is 10.6. The van der Waals surface area contributed by atoms with Gasteiger partial charge in [-0.3, -0.25) is 14.5 Å². The highest BCUT2D eigenvalue weighted by molar-refractivity contribution is 5.89. The number of ether oxygens (including phenoxy) is 1. The molecule has 0 bridgehead atoms. The van der Waals surface area contributed by atoms with E-state index in [0.717, 1.165) is 11.3 Å². The average Bonchev–Trinajstić information content (AvgIpc) is 2.45. The highest BCUT2D eigenvalue weighted by atomic mass is 19.4. The standard InChI is InChI=1S/C14H24F3N3O3/c1-4-9(2)18-12(21)10(3)19-13(22)11-7-23-6-5-20(11)8-14(15,16)17/h9-11H,4-8H2,1-3H3,(H,18,21)(H,19,22)/t9-,10-,11-/m0/s1. The Bertz CT molecular complexity index is 418. The van der Waals surface area contributed by atoms with Crippen molar-refractivity contribution in [2.75, 3.05) is 26.3 Å². The molecule has 6 nitrogen and oxygen atoms in total. The maximum absolute atomic E-state index is 12.6. The fourth-order valence-electron chi connectivity index (χ4n) is 2.14. The summed E-state index contributed by atoms with van der Waals surface area (Å²) in [5, 5.41) is 5.16. The summed E-state index contributed by atoms with van der Waals surface area (Å²) in [6, 6.07) is -1.92.